The summed E-state index contributed by atoms with van der Waals surface area (Å²) < 4.78 is 3.72. The average molecular weight is 366 g/mol. The number of carbonyl (C=O) groups excluding carboxylic acids is 1. The van der Waals surface area contributed by atoms with Crippen LogP contribution in [0.4, 0.5) is 0 Å². The molecule has 0 spiro atoms. The fourth-order valence-electron chi connectivity index (χ4n) is 3.55. The van der Waals surface area contributed by atoms with Gasteiger partial charge in [-0.15, -0.1) is 5.10 Å². The van der Waals surface area contributed by atoms with Crippen LogP contribution in [0.25, 0.3) is 0 Å². The highest BCUT2D eigenvalue weighted by molar-refractivity contribution is 5.76. The molecule has 9 heteroatoms. The number of nitrogens with zero attached hydrogens (tertiary/aromatic N) is 8. The second-order valence-corrected chi connectivity index (χ2v) is 6.74. The molecule has 0 saturated carbocycles. The molecule has 0 aliphatic carbocycles. The lowest BCUT2D eigenvalue weighted by Crippen LogP contribution is -2.40. The minimum absolute atomic E-state index is 0.137. The smallest absolute Gasteiger partial charge is 0.224 e. The molecule has 0 aromatic carbocycles. The van der Waals surface area contributed by atoms with Crippen molar-refractivity contribution >= 4 is 5.91 Å². The summed E-state index contributed by atoms with van der Waals surface area (Å²) in [6.07, 6.45) is 9.57. The molecule has 1 aliphatic rings. The van der Waals surface area contributed by atoms with Gasteiger partial charge in [0.15, 0.2) is 0 Å². The maximum absolute atomic E-state index is 12.6. The first kappa shape index (κ1) is 17.3. The highest BCUT2D eigenvalue weighted by Gasteiger charge is 2.27. The first-order valence-electron chi connectivity index (χ1n) is 9.19. The van der Waals surface area contributed by atoms with E-state index in [0.29, 0.717) is 26.1 Å². The van der Waals surface area contributed by atoms with E-state index in [2.05, 4.69) is 30.1 Å². The Balaban J connectivity index is 1.40. The van der Waals surface area contributed by atoms with E-state index >= 15 is 0 Å². The Morgan fingerprint density at radius 3 is 3.00 bits per heavy atom. The molecule has 1 saturated heterocycles. The molecule has 1 amide bonds. The molecule has 4 heterocycles. The van der Waals surface area contributed by atoms with Crippen molar-refractivity contribution in [1.29, 1.82) is 0 Å². The van der Waals surface area contributed by atoms with E-state index < -0.39 is 0 Å². The van der Waals surface area contributed by atoms with Crippen LogP contribution in [0.15, 0.2) is 43.1 Å². The topological polar surface area (TPSA) is 94.6 Å². The molecule has 27 heavy (non-hydrogen) atoms. The van der Waals surface area contributed by atoms with Gasteiger partial charge in [-0.1, -0.05) is 6.07 Å². The third-order valence-corrected chi connectivity index (χ3v) is 4.89. The van der Waals surface area contributed by atoms with E-state index in [9.17, 15) is 4.79 Å². The number of hydrogen-bond donors (Lipinski definition) is 0. The maximum atomic E-state index is 12.6. The first-order valence-corrected chi connectivity index (χ1v) is 9.19. The van der Waals surface area contributed by atoms with E-state index in [1.54, 1.807) is 10.9 Å². The minimum atomic E-state index is 0.137. The Kier molecular flexibility index (Phi) is 5.17. The van der Waals surface area contributed by atoms with Crippen molar-refractivity contribution in [3.63, 3.8) is 0 Å². The van der Waals surface area contributed by atoms with Gasteiger partial charge in [-0.3, -0.25) is 9.78 Å². The summed E-state index contributed by atoms with van der Waals surface area (Å²) in [4.78, 5) is 23.5. The number of likely N-dealkylation sites (tertiary alicyclic amines) is 1. The lowest BCUT2D eigenvalue weighted by Gasteiger charge is -2.32. The zero-order chi connectivity index (χ0) is 18.5. The summed E-state index contributed by atoms with van der Waals surface area (Å²) >= 11 is 0. The molecular weight excluding hydrogens is 344 g/mol. The van der Waals surface area contributed by atoms with Crippen molar-refractivity contribution < 1.29 is 4.79 Å². The number of aromatic nitrogens is 7. The fourth-order valence-corrected chi connectivity index (χ4v) is 3.55. The first-order chi connectivity index (χ1) is 13.3. The number of amides is 1. The zero-order valence-electron chi connectivity index (χ0n) is 15.1. The fraction of sp³-hybridized carbons (Fsp3) is 0.444. The summed E-state index contributed by atoms with van der Waals surface area (Å²) in [6, 6.07) is 5.92. The van der Waals surface area contributed by atoms with Gasteiger partial charge in [0, 0.05) is 44.0 Å². The molecule has 0 bridgehead atoms. The van der Waals surface area contributed by atoms with Crippen molar-refractivity contribution in [3.05, 3.63) is 54.6 Å². The SMILES string of the molecule is O=C(CCn1cnnn1)N1CCCC(c2nccn2Cc2ccccn2)C1. The Morgan fingerprint density at radius 2 is 2.19 bits per heavy atom. The normalized spacial score (nSPS) is 17.2. The highest BCUT2D eigenvalue weighted by atomic mass is 16.2. The van der Waals surface area contributed by atoms with Crippen LogP contribution >= 0.6 is 0 Å². The second-order valence-electron chi connectivity index (χ2n) is 6.74. The molecule has 1 unspecified atom stereocenters. The third-order valence-electron chi connectivity index (χ3n) is 4.89. The molecule has 3 aromatic heterocycles. The molecule has 3 aromatic rings. The summed E-state index contributed by atoms with van der Waals surface area (Å²) in [5, 5.41) is 11.0. The van der Waals surface area contributed by atoms with Gasteiger partial charge < -0.3 is 9.47 Å². The molecule has 9 nitrogen and oxygen atoms in total. The Labute approximate surface area is 157 Å². The van der Waals surface area contributed by atoms with Gasteiger partial charge in [-0.2, -0.15) is 0 Å². The maximum Gasteiger partial charge on any atom is 0.224 e. The van der Waals surface area contributed by atoms with Crippen LogP contribution < -0.4 is 0 Å². The Hall–Kier alpha value is -3.10. The van der Waals surface area contributed by atoms with Gasteiger partial charge >= 0.3 is 0 Å². The molecule has 140 valence electrons. The number of pyridine rings is 1. The monoisotopic (exact) mass is 366 g/mol. The molecule has 1 atom stereocenters. The summed E-state index contributed by atoms with van der Waals surface area (Å²) in [7, 11) is 0. The number of aryl methyl sites for hydroxylation is 1. The Morgan fingerprint density at radius 1 is 1.22 bits per heavy atom. The predicted molar refractivity (Wildman–Crippen MR) is 96.6 cm³/mol. The van der Waals surface area contributed by atoms with Crippen LogP contribution in [0.5, 0.6) is 0 Å². The lowest BCUT2D eigenvalue weighted by molar-refractivity contribution is -0.132. The van der Waals surface area contributed by atoms with Gasteiger partial charge in [0.2, 0.25) is 5.91 Å². The van der Waals surface area contributed by atoms with Crippen molar-refractivity contribution in [2.45, 2.75) is 38.3 Å². The van der Waals surface area contributed by atoms with E-state index in [-0.39, 0.29) is 11.8 Å². The van der Waals surface area contributed by atoms with Crippen LogP contribution in [0.3, 0.4) is 0 Å². The van der Waals surface area contributed by atoms with E-state index in [0.717, 1.165) is 30.9 Å². The molecule has 0 radical (unpaired) electrons. The average Bonchev–Trinajstić information content (AvgIpc) is 3.39. The van der Waals surface area contributed by atoms with E-state index in [1.165, 1.54) is 6.33 Å². The van der Waals surface area contributed by atoms with Crippen LogP contribution in [0.1, 0.15) is 36.7 Å². The van der Waals surface area contributed by atoms with Gasteiger partial charge in [0.25, 0.3) is 0 Å². The number of tetrazole rings is 1. The third kappa shape index (κ3) is 4.18. The Bertz CT molecular complexity index is 861. The van der Waals surface area contributed by atoms with Gasteiger partial charge in [-0.05, 0) is 35.4 Å². The van der Waals surface area contributed by atoms with Crippen LogP contribution in [-0.4, -0.2) is 58.6 Å². The van der Waals surface area contributed by atoms with E-state index in [4.69, 9.17) is 0 Å². The molecular formula is C18H22N8O. The zero-order valence-corrected chi connectivity index (χ0v) is 15.1. The number of piperidine rings is 1. The van der Waals surface area contributed by atoms with Gasteiger partial charge in [0.1, 0.15) is 12.2 Å². The number of imidazole rings is 1. The lowest BCUT2D eigenvalue weighted by atomic mass is 9.96. The number of rotatable bonds is 6. The van der Waals surface area contributed by atoms with Crippen molar-refractivity contribution in [3.8, 4) is 0 Å². The van der Waals surface area contributed by atoms with Gasteiger partial charge in [-0.25, -0.2) is 9.67 Å². The van der Waals surface area contributed by atoms with Gasteiger partial charge in [0.05, 0.1) is 18.8 Å². The molecule has 0 N–H and O–H groups in total. The van der Waals surface area contributed by atoms with Crippen molar-refractivity contribution in [2.75, 3.05) is 13.1 Å². The molecule has 1 fully saturated rings. The molecule has 1 aliphatic heterocycles. The van der Waals surface area contributed by atoms with E-state index in [1.807, 2.05) is 35.5 Å². The predicted octanol–water partition coefficient (Wildman–Crippen LogP) is 1.11. The number of carbonyl (C=O) groups is 1. The summed E-state index contributed by atoms with van der Waals surface area (Å²) in [6.45, 7) is 2.70. The van der Waals surface area contributed by atoms with Crippen LogP contribution in [-0.2, 0) is 17.9 Å². The van der Waals surface area contributed by atoms with Crippen molar-refractivity contribution in [2.24, 2.45) is 0 Å². The number of hydrogen-bond acceptors (Lipinski definition) is 6. The van der Waals surface area contributed by atoms with Crippen molar-refractivity contribution in [1.82, 2.24) is 39.6 Å². The highest BCUT2D eigenvalue weighted by Crippen LogP contribution is 2.26. The summed E-state index contributed by atoms with van der Waals surface area (Å²) in [5.41, 5.74) is 1.00. The quantitative estimate of drug-likeness (QED) is 0.649. The molecule has 4 rings (SSSR count). The largest absolute Gasteiger partial charge is 0.342 e. The minimum Gasteiger partial charge on any atom is -0.342 e. The van der Waals surface area contributed by atoms with Crippen LogP contribution in [0, 0.1) is 0 Å². The second kappa shape index (κ2) is 8.07. The summed E-state index contributed by atoms with van der Waals surface area (Å²) in [5.74, 6) is 1.41. The van der Waals surface area contributed by atoms with Crippen LogP contribution in [0.2, 0.25) is 0 Å². The standard InChI is InChI=1S/C18H22N8O/c27-17(6-10-26-14-21-22-23-26)24-9-3-4-15(12-24)18-20-8-11-25(18)13-16-5-1-2-7-19-16/h1-2,5,7-8,11,14-15H,3-4,6,9-10,12-13H2.